The van der Waals surface area contributed by atoms with Gasteiger partial charge in [-0.25, -0.2) is 0 Å². The molecule has 0 rings (SSSR count). The largest absolute Gasteiger partial charge is 0.368 e. The van der Waals surface area contributed by atoms with Crippen LogP contribution in [0.2, 0.25) is 0 Å². The SMILES string of the molecule is CCCCN(CC(N)=O)C(=O)C(C)N. The van der Waals surface area contributed by atoms with Crippen LogP contribution in [0.3, 0.4) is 0 Å². The first-order valence-corrected chi connectivity index (χ1v) is 4.81. The van der Waals surface area contributed by atoms with Crippen LogP contribution in [0.4, 0.5) is 0 Å². The quantitative estimate of drug-likeness (QED) is 0.604. The van der Waals surface area contributed by atoms with Gasteiger partial charge in [0.15, 0.2) is 0 Å². The zero-order chi connectivity index (χ0) is 11.1. The van der Waals surface area contributed by atoms with E-state index < -0.39 is 11.9 Å². The molecule has 0 aliphatic carbocycles. The van der Waals surface area contributed by atoms with Crippen molar-refractivity contribution in [3.05, 3.63) is 0 Å². The monoisotopic (exact) mass is 201 g/mol. The van der Waals surface area contributed by atoms with Crippen LogP contribution in [0.1, 0.15) is 26.7 Å². The van der Waals surface area contributed by atoms with E-state index in [9.17, 15) is 9.59 Å². The molecule has 0 aromatic heterocycles. The van der Waals surface area contributed by atoms with Gasteiger partial charge in [0, 0.05) is 6.54 Å². The molecule has 2 amide bonds. The van der Waals surface area contributed by atoms with Crippen molar-refractivity contribution in [2.45, 2.75) is 32.7 Å². The molecular weight excluding hydrogens is 182 g/mol. The lowest BCUT2D eigenvalue weighted by atomic mass is 10.2. The van der Waals surface area contributed by atoms with E-state index in [1.165, 1.54) is 4.90 Å². The molecular formula is C9H19N3O2. The fourth-order valence-corrected chi connectivity index (χ4v) is 1.09. The Labute approximate surface area is 84.4 Å². The van der Waals surface area contributed by atoms with Crippen molar-refractivity contribution in [1.82, 2.24) is 4.90 Å². The second-order valence-electron chi connectivity index (χ2n) is 3.37. The van der Waals surface area contributed by atoms with Crippen molar-refractivity contribution in [1.29, 1.82) is 0 Å². The summed E-state index contributed by atoms with van der Waals surface area (Å²) in [5, 5.41) is 0. The van der Waals surface area contributed by atoms with E-state index in [1.54, 1.807) is 6.92 Å². The van der Waals surface area contributed by atoms with E-state index in [0.717, 1.165) is 12.8 Å². The second kappa shape index (κ2) is 6.37. The summed E-state index contributed by atoms with van der Waals surface area (Å²) in [7, 11) is 0. The second-order valence-corrected chi connectivity index (χ2v) is 3.37. The van der Waals surface area contributed by atoms with Gasteiger partial charge in [-0.05, 0) is 13.3 Å². The van der Waals surface area contributed by atoms with Gasteiger partial charge in [0.05, 0.1) is 12.6 Å². The summed E-state index contributed by atoms with van der Waals surface area (Å²) < 4.78 is 0. The summed E-state index contributed by atoms with van der Waals surface area (Å²) in [6, 6.07) is -0.578. The van der Waals surface area contributed by atoms with Gasteiger partial charge in [-0.15, -0.1) is 0 Å². The highest BCUT2D eigenvalue weighted by atomic mass is 16.2. The summed E-state index contributed by atoms with van der Waals surface area (Å²) in [5.41, 5.74) is 10.5. The first-order valence-electron chi connectivity index (χ1n) is 4.81. The first-order chi connectivity index (χ1) is 6.49. The van der Waals surface area contributed by atoms with Gasteiger partial charge in [-0.1, -0.05) is 13.3 Å². The third kappa shape index (κ3) is 4.81. The minimum atomic E-state index is -0.578. The Kier molecular flexibility index (Phi) is 5.87. The number of carbonyl (C=O) groups is 2. The predicted molar refractivity (Wildman–Crippen MR) is 54.3 cm³/mol. The molecule has 5 nitrogen and oxygen atoms in total. The average molecular weight is 201 g/mol. The average Bonchev–Trinajstić information content (AvgIpc) is 2.10. The predicted octanol–water partition coefficient (Wildman–Crippen LogP) is -0.552. The number of unbranched alkanes of at least 4 members (excludes halogenated alkanes) is 1. The van der Waals surface area contributed by atoms with Crippen molar-refractivity contribution in [3.8, 4) is 0 Å². The highest BCUT2D eigenvalue weighted by Crippen LogP contribution is 1.97. The highest BCUT2D eigenvalue weighted by Gasteiger charge is 2.18. The van der Waals surface area contributed by atoms with Crippen LogP contribution in [0, 0.1) is 0 Å². The van der Waals surface area contributed by atoms with Crippen molar-refractivity contribution in [2.24, 2.45) is 11.5 Å². The minimum absolute atomic E-state index is 0.0413. The van der Waals surface area contributed by atoms with E-state index >= 15 is 0 Å². The molecule has 0 aromatic carbocycles. The maximum atomic E-state index is 11.5. The third-order valence-electron chi connectivity index (χ3n) is 1.83. The van der Waals surface area contributed by atoms with E-state index in [-0.39, 0.29) is 12.5 Å². The molecule has 0 saturated heterocycles. The van der Waals surface area contributed by atoms with Gasteiger partial charge < -0.3 is 16.4 Å². The molecule has 0 aromatic rings. The lowest BCUT2D eigenvalue weighted by Crippen LogP contribution is -2.46. The van der Waals surface area contributed by atoms with Crippen LogP contribution in [0.25, 0.3) is 0 Å². The van der Waals surface area contributed by atoms with Crippen molar-refractivity contribution in [3.63, 3.8) is 0 Å². The Morgan fingerprint density at radius 3 is 2.36 bits per heavy atom. The fraction of sp³-hybridized carbons (Fsp3) is 0.778. The van der Waals surface area contributed by atoms with Gasteiger partial charge in [0.2, 0.25) is 11.8 Å². The van der Waals surface area contributed by atoms with Crippen LogP contribution < -0.4 is 11.5 Å². The highest BCUT2D eigenvalue weighted by molar-refractivity contribution is 5.86. The molecule has 0 fully saturated rings. The molecule has 4 N–H and O–H groups in total. The van der Waals surface area contributed by atoms with Crippen molar-refractivity contribution >= 4 is 11.8 Å². The summed E-state index contributed by atoms with van der Waals surface area (Å²) in [6.07, 6.45) is 1.81. The van der Waals surface area contributed by atoms with Crippen LogP contribution in [0.5, 0.6) is 0 Å². The maximum absolute atomic E-state index is 11.5. The summed E-state index contributed by atoms with van der Waals surface area (Å²) in [4.78, 5) is 23.6. The molecule has 0 bridgehead atoms. The number of primary amides is 1. The Morgan fingerprint density at radius 1 is 1.43 bits per heavy atom. The molecule has 0 heterocycles. The lowest BCUT2D eigenvalue weighted by molar-refractivity contribution is -0.136. The molecule has 1 unspecified atom stereocenters. The minimum Gasteiger partial charge on any atom is -0.368 e. The Balaban J connectivity index is 4.22. The first kappa shape index (κ1) is 12.9. The lowest BCUT2D eigenvalue weighted by Gasteiger charge is -2.22. The van der Waals surface area contributed by atoms with Crippen LogP contribution in [0.15, 0.2) is 0 Å². The Hall–Kier alpha value is -1.10. The number of hydrogen-bond acceptors (Lipinski definition) is 3. The molecule has 0 radical (unpaired) electrons. The molecule has 0 spiro atoms. The van der Waals surface area contributed by atoms with Gasteiger partial charge in [-0.3, -0.25) is 9.59 Å². The number of nitrogens with zero attached hydrogens (tertiary/aromatic N) is 1. The molecule has 0 aliphatic heterocycles. The topological polar surface area (TPSA) is 89.4 Å². The normalized spacial score (nSPS) is 12.2. The Bertz CT molecular complexity index is 204. The zero-order valence-electron chi connectivity index (χ0n) is 8.82. The van der Waals surface area contributed by atoms with Gasteiger partial charge >= 0.3 is 0 Å². The third-order valence-corrected chi connectivity index (χ3v) is 1.83. The number of nitrogens with two attached hydrogens (primary N) is 2. The fourth-order valence-electron chi connectivity index (χ4n) is 1.09. The van der Waals surface area contributed by atoms with E-state index in [1.807, 2.05) is 6.92 Å². The van der Waals surface area contributed by atoms with Gasteiger partial charge in [-0.2, -0.15) is 0 Å². The molecule has 0 aliphatic rings. The van der Waals surface area contributed by atoms with Crippen molar-refractivity contribution in [2.75, 3.05) is 13.1 Å². The molecule has 5 heteroatoms. The zero-order valence-corrected chi connectivity index (χ0v) is 8.82. The number of hydrogen-bond donors (Lipinski definition) is 2. The van der Waals surface area contributed by atoms with Gasteiger partial charge in [0.1, 0.15) is 0 Å². The summed E-state index contributed by atoms with van der Waals surface area (Å²) in [5.74, 6) is -0.729. The molecule has 82 valence electrons. The number of rotatable bonds is 6. The van der Waals surface area contributed by atoms with Crippen LogP contribution in [-0.2, 0) is 9.59 Å². The Morgan fingerprint density at radius 2 is 2.00 bits per heavy atom. The van der Waals surface area contributed by atoms with Gasteiger partial charge in [0.25, 0.3) is 0 Å². The van der Waals surface area contributed by atoms with E-state index in [2.05, 4.69) is 0 Å². The standard InChI is InChI=1S/C9H19N3O2/c1-3-4-5-12(6-8(11)13)9(14)7(2)10/h7H,3-6,10H2,1-2H3,(H2,11,13). The molecule has 1 atom stereocenters. The van der Waals surface area contributed by atoms with Crippen molar-refractivity contribution < 1.29 is 9.59 Å². The molecule has 0 saturated carbocycles. The van der Waals surface area contributed by atoms with Crippen LogP contribution >= 0.6 is 0 Å². The number of amides is 2. The van der Waals surface area contributed by atoms with Crippen LogP contribution in [-0.4, -0.2) is 35.8 Å². The maximum Gasteiger partial charge on any atom is 0.239 e. The molecule has 14 heavy (non-hydrogen) atoms. The summed E-state index contributed by atoms with van der Waals surface area (Å²) >= 11 is 0. The number of carbonyl (C=O) groups excluding carboxylic acids is 2. The smallest absolute Gasteiger partial charge is 0.239 e. The summed E-state index contributed by atoms with van der Waals surface area (Å²) in [6.45, 7) is 4.11. The van der Waals surface area contributed by atoms with E-state index in [0.29, 0.717) is 6.54 Å². The van der Waals surface area contributed by atoms with E-state index in [4.69, 9.17) is 11.5 Å².